The SMILES string of the molecule is CC(C)(C)c1ccc(C(=O)NC(=S)Nc2ccccc2C(N)=O)cc1. The molecule has 6 heteroatoms. The van der Waals surface area contributed by atoms with Crippen molar-refractivity contribution in [3.63, 3.8) is 0 Å². The fourth-order valence-corrected chi connectivity index (χ4v) is 2.46. The van der Waals surface area contributed by atoms with Gasteiger partial charge in [0.1, 0.15) is 0 Å². The van der Waals surface area contributed by atoms with Gasteiger partial charge in [-0.3, -0.25) is 14.9 Å². The highest BCUT2D eigenvalue weighted by Gasteiger charge is 2.15. The number of nitrogens with one attached hydrogen (secondary N) is 2. The molecule has 0 aliphatic rings. The summed E-state index contributed by atoms with van der Waals surface area (Å²) in [5.74, 6) is -0.899. The Kier molecular flexibility index (Phi) is 5.54. The van der Waals surface area contributed by atoms with E-state index in [1.165, 1.54) is 0 Å². The van der Waals surface area contributed by atoms with Gasteiger partial charge in [0.05, 0.1) is 11.3 Å². The Morgan fingerprint density at radius 3 is 2.16 bits per heavy atom. The summed E-state index contributed by atoms with van der Waals surface area (Å²) >= 11 is 5.15. The van der Waals surface area contributed by atoms with Gasteiger partial charge in [-0.1, -0.05) is 45.0 Å². The summed E-state index contributed by atoms with van der Waals surface area (Å²) in [5, 5.41) is 5.52. The summed E-state index contributed by atoms with van der Waals surface area (Å²) in [6.45, 7) is 6.33. The first kappa shape index (κ1) is 18.6. The van der Waals surface area contributed by atoms with E-state index in [-0.39, 0.29) is 16.4 Å². The van der Waals surface area contributed by atoms with E-state index in [2.05, 4.69) is 31.4 Å². The predicted molar refractivity (Wildman–Crippen MR) is 104 cm³/mol. The van der Waals surface area contributed by atoms with E-state index in [4.69, 9.17) is 18.0 Å². The minimum atomic E-state index is -0.574. The van der Waals surface area contributed by atoms with Crippen LogP contribution in [0.3, 0.4) is 0 Å². The fraction of sp³-hybridized carbons (Fsp3) is 0.211. The lowest BCUT2D eigenvalue weighted by atomic mass is 9.87. The Morgan fingerprint density at radius 1 is 1.00 bits per heavy atom. The van der Waals surface area contributed by atoms with Crippen molar-refractivity contribution >= 4 is 34.8 Å². The number of hydrogen-bond donors (Lipinski definition) is 3. The number of anilines is 1. The van der Waals surface area contributed by atoms with E-state index in [1.807, 2.05) is 12.1 Å². The van der Waals surface area contributed by atoms with Crippen LogP contribution in [-0.2, 0) is 5.41 Å². The van der Waals surface area contributed by atoms with E-state index in [9.17, 15) is 9.59 Å². The molecule has 0 spiro atoms. The third kappa shape index (κ3) is 4.87. The van der Waals surface area contributed by atoms with E-state index < -0.39 is 5.91 Å². The highest BCUT2D eigenvalue weighted by Crippen LogP contribution is 2.22. The van der Waals surface area contributed by atoms with Crippen LogP contribution in [0.25, 0.3) is 0 Å². The van der Waals surface area contributed by atoms with Crippen molar-refractivity contribution in [2.75, 3.05) is 5.32 Å². The molecule has 2 rings (SSSR count). The van der Waals surface area contributed by atoms with Gasteiger partial charge >= 0.3 is 0 Å². The summed E-state index contributed by atoms with van der Waals surface area (Å²) in [7, 11) is 0. The van der Waals surface area contributed by atoms with Crippen molar-refractivity contribution in [3.8, 4) is 0 Å². The van der Waals surface area contributed by atoms with Crippen LogP contribution in [-0.4, -0.2) is 16.9 Å². The zero-order valence-corrected chi connectivity index (χ0v) is 15.2. The first-order valence-electron chi connectivity index (χ1n) is 7.80. The molecule has 0 aromatic heterocycles. The molecule has 2 aromatic rings. The molecule has 5 nitrogen and oxygen atoms in total. The average Bonchev–Trinajstić information content (AvgIpc) is 2.54. The molecule has 0 aliphatic carbocycles. The van der Waals surface area contributed by atoms with Gasteiger partial charge in [-0.15, -0.1) is 0 Å². The van der Waals surface area contributed by atoms with Crippen molar-refractivity contribution in [1.29, 1.82) is 0 Å². The zero-order valence-electron chi connectivity index (χ0n) is 14.4. The smallest absolute Gasteiger partial charge is 0.257 e. The van der Waals surface area contributed by atoms with E-state index in [1.54, 1.807) is 36.4 Å². The normalized spacial score (nSPS) is 10.8. The number of nitrogens with two attached hydrogens (primary N) is 1. The maximum absolute atomic E-state index is 12.3. The number of carbonyl (C=O) groups excluding carboxylic acids is 2. The van der Waals surface area contributed by atoms with Crippen LogP contribution in [0, 0.1) is 0 Å². The number of rotatable bonds is 3. The van der Waals surface area contributed by atoms with E-state index in [0.717, 1.165) is 5.56 Å². The first-order valence-corrected chi connectivity index (χ1v) is 8.21. The molecule has 2 aromatic carbocycles. The number of thiocarbonyl (C=S) groups is 1. The predicted octanol–water partition coefficient (Wildman–Crippen LogP) is 3.21. The monoisotopic (exact) mass is 355 g/mol. The Bertz CT molecular complexity index is 808. The maximum atomic E-state index is 12.3. The third-order valence-electron chi connectivity index (χ3n) is 3.68. The standard InChI is InChI=1S/C19H21N3O2S/c1-19(2,3)13-10-8-12(9-11-13)17(24)22-18(25)21-15-7-5-4-6-14(15)16(20)23/h4-11H,1-3H3,(H2,20,23)(H2,21,22,24,25). The molecule has 0 radical (unpaired) electrons. The van der Waals surface area contributed by atoms with Crippen molar-refractivity contribution in [1.82, 2.24) is 5.32 Å². The number of amides is 2. The summed E-state index contributed by atoms with van der Waals surface area (Å²) in [5.41, 5.74) is 7.73. The fourth-order valence-electron chi connectivity index (χ4n) is 2.26. The van der Waals surface area contributed by atoms with Crippen LogP contribution in [0.4, 0.5) is 5.69 Å². The van der Waals surface area contributed by atoms with Gasteiger partial charge in [0.25, 0.3) is 11.8 Å². The van der Waals surface area contributed by atoms with Gasteiger partial charge in [0.15, 0.2) is 5.11 Å². The van der Waals surface area contributed by atoms with Crippen LogP contribution < -0.4 is 16.4 Å². The second-order valence-corrected chi connectivity index (χ2v) is 7.05. The molecule has 130 valence electrons. The molecule has 0 saturated heterocycles. The summed E-state index contributed by atoms with van der Waals surface area (Å²) < 4.78 is 0. The average molecular weight is 355 g/mol. The molecule has 0 aliphatic heterocycles. The van der Waals surface area contributed by atoms with Crippen LogP contribution in [0.2, 0.25) is 0 Å². The Balaban J connectivity index is 2.06. The van der Waals surface area contributed by atoms with Crippen molar-refractivity contribution in [2.45, 2.75) is 26.2 Å². The van der Waals surface area contributed by atoms with Gasteiger partial charge in [0.2, 0.25) is 0 Å². The molecule has 25 heavy (non-hydrogen) atoms. The molecule has 0 atom stereocenters. The summed E-state index contributed by atoms with van der Waals surface area (Å²) in [6.07, 6.45) is 0. The molecule has 0 saturated carbocycles. The second kappa shape index (κ2) is 7.44. The topological polar surface area (TPSA) is 84.2 Å². The molecule has 0 unspecified atom stereocenters. The molecule has 0 bridgehead atoms. The van der Waals surface area contributed by atoms with Gasteiger partial charge in [0, 0.05) is 5.56 Å². The minimum Gasteiger partial charge on any atom is -0.366 e. The number of primary amides is 1. The quantitative estimate of drug-likeness (QED) is 0.738. The number of para-hydroxylation sites is 1. The molecule has 4 N–H and O–H groups in total. The number of hydrogen-bond acceptors (Lipinski definition) is 3. The van der Waals surface area contributed by atoms with Gasteiger partial charge in [-0.25, -0.2) is 0 Å². The molecular formula is C19H21N3O2S. The first-order chi connectivity index (χ1) is 11.7. The lowest BCUT2D eigenvalue weighted by Gasteiger charge is -2.19. The van der Waals surface area contributed by atoms with Gasteiger partial charge in [-0.05, 0) is 47.5 Å². The Hall–Kier alpha value is -2.73. The molecule has 2 amide bonds. The number of benzene rings is 2. The number of carbonyl (C=O) groups is 2. The van der Waals surface area contributed by atoms with E-state index in [0.29, 0.717) is 16.8 Å². The van der Waals surface area contributed by atoms with Crippen molar-refractivity contribution in [2.24, 2.45) is 5.73 Å². The van der Waals surface area contributed by atoms with E-state index >= 15 is 0 Å². The van der Waals surface area contributed by atoms with Crippen LogP contribution >= 0.6 is 12.2 Å². The molecular weight excluding hydrogens is 334 g/mol. The van der Waals surface area contributed by atoms with Gasteiger partial charge < -0.3 is 11.1 Å². The lowest BCUT2D eigenvalue weighted by molar-refractivity contribution is 0.0975. The molecule has 0 heterocycles. The largest absolute Gasteiger partial charge is 0.366 e. The highest BCUT2D eigenvalue weighted by atomic mass is 32.1. The summed E-state index contributed by atoms with van der Waals surface area (Å²) in [6, 6.07) is 14.1. The third-order valence-corrected chi connectivity index (χ3v) is 3.89. The lowest BCUT2D eigenvalue weighted by Crippen LogP contribution is -2.34. The maximum Gasteiger partial charge on any atom is 0.257 e. The van der Waals surface area contributed by atoms with Crippen molar-refractivity contribution in [3.05, 3.63) is 65.2 Å². The molecule has 0 fully saturated rings. The summed E-state index contributed by atoms with van der Waals surface area (Å²) in [4.78, 5) is 23.7. The van der Waals surface area contributed by atoms with Crippen LogP contribution in [0.1, 0.15) is 47.1 Å². The minimum absolute atomic E-state index is 0.0182. The Morgan fingerprint density at radius 2 is 1.60 bits per heavy atom. The van der Waals surface area contributed by atoms with Gasteiger partial charge in [-0.2, -0.15) is 0 Å². The van der Waals surface area contributed by atoms with Crippen LogP contribution in [0.15, 0.2) is 48.5 Å². The van der Waals surface area contributed by atoms with Crippen LogP contribution in [0.5, 0.6) is 0 Å². The zero-order chi connectivity index (χ0) is 18.6. The van der Waals surface area contributed by atoms with Crippen molar-refractivity contribution < 1.29 is 9.59 Å². The Labute approximate surface area is 152 Å². The second-order valence-electron chi connectivity index (χ2n) is 6.65. The highest BCUT2D eigenvalue weighted by molar-refractivity contribution is 7.80.